The molecule has 0 heterocycles. The molecule has 1 rings (SSSR count). The fraction of sp³-hybridized carbons (Fsp3) is 0.417. The minimum absolute atomic E-state index is 0.0824. The highest BCUT2D eigenvalue weighted by molar-refractivity contribution is 7.89. The van der Waals surface area contributed by atoms with E-state index in [0.29, 0.717) is 17.5 Å². The van der Waals surface area contributed by atoms with Crippen molar-refractivity contribution in [2.45, 2.75) is 31.2 Å². The van der Waals surface area contributed by atoms with Crippen molar-refractivity contribution < 1.29 is 13.5 Å². The van der Waals surface area contributed by atoms with Crippen LogP contribution in [0.5, 0.6) is 0 Å². The molecular weight excluding hydrogens is 252 g/mol. The van der Waals surface area contributed by atoms with E-state index >= 15 is 0 Å². The molecule has 0 amide bonds. The van der Waals surface area contributed by atoms with Crippen molar-refractivity contribution in [2.75, 3.05) is 6.61 Å². The molecule has 1 atom stereocenters. The number of benzene rings is 1. The van der Waals surface area contributed by atoms with Crippen molar-refractivity contribution >= 4 is 10.0 Å². The zero-order valence-corrected chi connectivity index (χ0v) is 11.2. The van der Waals surface area contributed by atoms with Crippen LogP contribution in [0.25, 0.3) is 0 Å². The summed E-state index contributed by atoms with van der Waals surface area (Å²) in [5.74, 6) is 0. The molecule has 1 aromatic carbocycles. The van der Waals surface area contributed by atoms with Gasteiger partial charge in [0.25, 0.3) is 0 Å². The Morgan fingerprint density at radius 2 is 2.17 bits per heavy atom. The number of hydrogen-bond acceptors (Lipinski definition) is 4. The number of rotatable bonds is 5. The number of sulfonamides is 1. The van der Waals surface area contributed by atoms with E-state index in [2.05, 4.69) is 4.72 Å². The van der Waals surface area contributed by atoms with Gasteiger partial charge in [0.2, 0.25) is 10.0 Å². The van der Waals surface area contributed by atoms with Gasteiger partial charge in [-0.2, -0.15) is 5.26 Å². The maximum absolute atomic E-state index is 12.1. The van der Waals surface area contributed by atoms with Crippen LogP contribution in [0.1, 0.15) is 24.5 Å². The molecule has 0 aromatic heterocycles. The Morgan fingerprint density at radius 3 is 2.72 bits per heavy atom. The van der Waals surface area contributed by atoms with Gasteiger partial charge in [-0.3, -0.25) is 0 Å². The summed E-state index contributed by atoms with van der Waals surface area (Å²) >= 11 is 0. The molecule has 0 radical (unpaired) electrons. The maximum atomic E-state index is 12.1. The molecule has 98 valence electrons. The van der Waals surface area contributed by atoms with E-state index in [9.17, 15) is 8.42 Å². The molecule has 0 aliphatic carbocycles. The topological polar surface area (TPSA) is 90.2 Å². The summed E-state index contributed by atoms with van der Waals surface area (Å²) in [6, 6.07) is 6.08. The summed E-state index contributed by atoms with van der Waals surface area (Å²) in [6.45, 7) is 3.27. The second-order valence-corrected chi connectivity index (χ2v) is 5.81. The molecule has 18 heavy (non-hydrogen) atoms. The van der Waals surface area contributed by atoms with E-state index < -0.39 is 10.0 Å². The highest BCUT2D eigenvalue weighted by Crippen LogP contribution is 2.17. The molecule has 0 saturated heterocycles. The van der Waals surface area contributed by atoms with Gasteiger partial charge in [0.05, 0.1) is 16.5 Å². The molecule has 0 bridgehead atoms. The smallest absolute Gasteiger partial charge is 0.241 e. The van der Waals surface area contributed by atoms with Crippen molar-refractivity contribution in [1.29, 1.82) is 5.26 Å². The Labute approximate surface area is 107 Å². The molecule has 0 fully saturated rings. The van der Waals surface area contributed by atoms with Crippen LogP contribution in [0.15, 0.2) is 23.1 Å². The van der Waals surface area contributed by atoms with Gasteiger partial charge in [0, 0.05) is 12.6 Å². The molecule has 0 spiro atoms. The monoisotopic (exact) mass is 268 g/mol. The van der Waals surface area contributed by atoms with Crippen molar-refractivity contribution in [3.05, 3.63) is 29.3 Å². The quantitative estimate of drug-likeness (QED) is 0.830. The lowest BCUT2D eigenvalue weighted by atomic mass is 10.2. The summed E-state index contributed by atoms with van der Waals surface area (Å²) in [4.78, 5) is 0.103. The number of aliphatic hydroxyl groups excluding tert-OH is 1. The minimum atomic E-state index is -3.66. The minimum Gasteiger partial charge on any atom is -0.396 e. The van der Waals surface area contributed by atoms with Gasteiger partial charge in [-0.1, -0.05) is 6.07 Å². The Kier molecular flexibility index (Phi) is 4.84. The van der Waals surface area contributed by atoms with Gasteiger partial charge in [-0.15, -0.1) is 0 Å². The number of nitrogens with one attached hydrogen (secondary N) is 1. The van der Waals surface area contributed by atoms with Crippen molar-refractivity contribution in [3.63, 3.8) is 0 Å². The number of aryl methyl sites for hydroxylation is 1. The summed E-state index contributed by atoms with van der Waals surface area (Å²) in [7, 11) is -3.66. The van der Waals surface area contributed by atoms with Gasteiger partial charge >= 0.3 is 0 Å². The van der Waals surface area contributed by atoms with E-state index in [-0.39, 0.29) is 17.5 Å². The molecule has 0 aliphatic heterocycles. The van der Waals surface area contributed by atoms with E-state index in [1.807, 2.05) is 6.07 Å². The molecule has 5 nitrogen and oxygen atoms in total. The van der Waals surface area contributed by atoms with E-state index in [0.717, 1.165) is 0 Å². The molecule has 0 aliphatic rings. The van der Waals surface area contributed by atoms with Gasteiger partial charge in [-0.25, -0.2) is 13.1 Å². The third kappa shape index (κ3) is 3.53. The maximum Gasteiger partial charge on any atom is 0.241 e. The summed E-state index contributed by atoms with van der Waals surface area (Å²) in [6.07, 6.45) is 0.343. The van der Waals surface area contributed by atoms with Crippen LogP contribution in [-0.4, -0.2) is 26.2 Å². The standard InChI is InChI=1S/C12H16N2O3S/c1-9-3-4-11(8-13)7-12(9)18(16,17)14-10(2)5-6-15/h3-4,7,10,14-15H,5-6H2,1-2H3. The van der Waals surface area contributed by atoms with Gasteiger partial charge in [0.1, 0.15) is 0 Å². The highest BCUT2D eigenvalue weighted by atomic mass is 32.2. The Morgan fingerprint density at radius 1 is 1.50 bits per heavy atom. The van der Waals surface area contributed by atoms with Crippen LogP contribution >= 0.6 is 0 Å². The fourth-order valence-electron chi connectivity index (χ4n) is 1.54. The molecule has 1 unspecified atom stereocenters. The zero-order valence-electron chi connectivity index (χ0n) is 10.3. The summed E-state index contributed by atoms with van der Waals surface area (Å²) in [5.41, 5.74) is 0.883. The lowest BCUT2D eigenvalue weighted by molar-refractivity contribution is 0.275. The van der Waals surface area contributed by atoms with Crippen LogP contribution in [0.2, 0.25) is 0 Å². The Hall–Kier alpha value is -1.42. The Balaban J connectivity index is 3.09. The van der Waals surface area contributed by atoms with Crippen molar-refractivity contribution in [2.24, 2.45) is 0 Å². The predicted molar refractivity (Wildman–Crippen MR) is 67.4 cm³/mol. The normalized spacial score (nSPS) is 13.0. The van der Waals surface area contributed by atoms with Crippen molar-refractivity contribution in [1.82, 2.24) is 4.72 Å². The first-order valence-electron chi connectivity index (χ1n) is 5.54. The number of aliphatic hydroxyl groups is 1. The summed E-state index contributed by atoms with van der Waals surface area (Å²) in [5, 5.41) is 17.5. The second-order valence-electron chi connectivity index (χ2n) is 4.13. The van der Waals surface area contributed by atoms with Crippen LogP contribution in [0.3, 0.4) is 0 Å². The lowest BCUT2D eigenvalue weighted by Crippen LogP contribution is -2.33. The van der Waals surface area contributed by atoms with Gasteiger partial charge < -0.3 is 5.11 Å². The third-order valence-corrected chi connectivity index (χ3v) is 4.26. The first-order chi connectivity index (χ1) is 8.40. The lowest BCUT2D eigenvalue weighted by Gasteiger charge is -2.14. The SMILES string of the molecule is Cc1ccc(C#N)cc1S(=O)(=O)NC(C)CCO. The van der Waals surface area contributed by atoms with E-state index in [1.54, 1.807) is 26.0 Å². The zero-order chi connectivity index (χ0) is 13.8. The average Bonchev–Trinajstić information content (AvgIpc) is 2.29. The first-order valence-corrected chi connectivity index (χ1v) is 7.03. The first kappa shape index (κ1) is 14.6. The van der Waals surface area contributed by atoms with Crippen LogP contribution in [0.4, 0.5) is 0 Å². The molecule has 0 saturated carbocycles. The Bertz CT molecular complexity index is 561. The number of nitriles is 1. The second kappa shape index (κ2) is 5.96. The number of nitrogens with zero attached hydrogens (tertiary/aromatic N) is 1. The van der Waals surface area contributed by atoms with E-state index in [4.69, 9.17) is 10.4 Å². The highest BCUT2D eigenvalue weighted by Gasteiger charge is 2.19. The fourth-order valence-corrected chi connectivity index (χ4v) is 3.09. The molecule has 2 N–H and O–H groups in total. The van der Waals surface area contributed by atoms with Crippen LogP contribution in [-0.2, 0) is 10.0 Å². The predicted octanol–water partition coefficient (Wildman–Crippen LogP) is 0.916. The molecular formula is C12H16N2O3S. The van der Waals surface area contributed by atoms with Crippen molar-refractivity contribution in [3.8, 4) is 6.07 Å². The third-order valence-electron chi connectivity index (χ3n) is 2.53. The van der Waals surface area contributed by atoms with Crippen LogP contribution in [0, 0.1) is 18.3 Å². The molecule has 6 heteroatoms. The average molecular weight is 268 g/mol. The van der Waals surface area contributed by atoms with Crippen LogP contribution < -0.4 is 4.72 Å². The molecule has 1 aromatic rings. The number of hydrogen-bond donors (Lipinski definition) is 2. The van der Waals surface area contributed by atoms with Gasteiger partial charge in [0.15, 0.2) is 0 Å². The van der Waals surface area contributed by atoms with Gasteiger partial charge in [-0.05, 0) is 38.0 Å². The summed E-state index contributed by atoms with van der Waals surface area (Å²) < 4.78 is 26.7. The van der Waals surface area contributed by atoms with E-state index in [1.165, 1.54) is 6.07 Å². The largest absolute Gasteiger partial charge is 0.396 e.